The van der Waals surface area contributed by atoms with E-state index in [4.69, 9.17) is 11.6 Å². The fraction of sp³-hybridized carbons (Fsp3) is 0.263. The van der Waals surface area contributed by atoms with Crippen LogP contribution < -0.4 is 5.69 Å². The number of halogens is 1. The highest BCUT2D eigenvalue weighted by Gasteiger charge is 2.14. The molecule has 0 saturated carbocycles. The summed E-state index contributed by atoms with van der Waals surface area (Å²) in [5, 5.41) is 0.646. The molecular weight excluding hydrogens is 338 g/mol. The van der Waals surface area contributed by atoms with Gasteiger partial charge in [-0.15, -0.1) is 0 Å². The lowest BCUT2D eigenvalue weighted by Crippen LogP contribution is -2.29. The summed E-state index contributed by atoms with van der Waals surface area (Å²) < 4.78 is 3.25. The summed E-state index contributed by atoms with van der Waals surface area (Å²) >= 11 is 6.15. The molecule has 0 unspecified atom stereocenters. The number of rotatable bonds is 5. The standard InChI is InChI=1S/C19H20ClN3O2/c1-21(13-14-7-3-4-8-15(14)20)18(24)11-12-23-17-10-6-5-9-16(17)22(2)19(23)25/h3-10H,11-13H2,1-2H3. The molecular formula is C19H20ClN3O2. The van der Waals surface area contributed by atoms with Crippen LogP contribution in [0.4, 0.5) is 0 Å². The van der Waals surface area contributed by atoms with Crippen molar-refractivity contribution in [2.24, 2.45) is 7.05 Å². The van der Waals surface area contributed by atoms with Gasteiger partial charge in [-0.3, -0.25) is 13.9 Å². The van der Waals surface area contributed by atoms with Gasteiger partial charge in [0.05, 0.1) is 11.0 Å². The molecule has 0 aliphatic rings. The van der Waals surface area contributed by atoms with Crippen LogP contribution in [0.15, 0.2) is 53.3 Å². The lowest BCUT2D eigenvalue weighted by atomic mass is 10.2. The fourth-order valence-corrected chi connectivity index (χ4v) is 3.14. The van der Waals surface area contributed by atoms with Gasteiger partial charge in [0.1, 0.15) is 0 Å². The molecule has 1 amide bonds. The minimum Gasteiger partial charge on any atom is -0.341 e. The predicted octanol–water partition coefficient (Wildman–Crippen LogP) is 3.04. The zero-order valence-electron chi connectivity index (χ0n) is 14.3. The molecule has 0 aliphatic heterocycles. The molecule has 1 aromatic heterocycles. The van der Waals surface area contributed by atoms with Crippen molar-refractivity contribution in [2.45, 2.75) is 19.5 Å². The summed E-state index contributed by atoms with van der Waals surface area (Å²) in [6, 6.07) is 15.1. The van der Waals surface area contributed by atoms with E-state index in [1.54, 1.807) is 28.1 Å². The van der Waals surface area contributed by atoms with E-state index in [0.717, 1.165) is 16.6 Å². The normalized spacial score (nSPS) is 11.0. The second-order valence-electron chi connectivity index (χ2n) is 6.07. The Morgan fingerprint density at radius 1 is 1.08 bits per heavy atom. The zero-order valence-corrected chi connectivity index (χ0v) is 15.0. The lowest BCUT2D eigenvalue weighted by molar-refractivity contribution is -0.130. The molecule has 5 nitrogen and oxygen atoms in total. The molecule has 130 valence electrons. The number of benzene rings is 2. The Balaban J connectivity index is 1.72. The van der Waals surface area contributed by atoms with E-state index in [0.29, 0.717) is 18.1 Å². The molecule has 0 aliphatic carbocycles. The first-order valence-electron chi connectivity index (χ1n) is 8.10. The van der Waals surface area contributed by atoms with Crippen molar-refractivity contribution in [1.29, 1.82) is 0 Å². The maximum atomic E-state index is 12.4. The van der Waals surface area contributed by atoms with Gasteiger partial charge < -0.3 is 4.90 Å². The van der Waals surface area contributed by atoms with Crippen molar-refractivity contribution in [1.82, 2.24) is 14.0 Å². The van der Waals surface area contributed by atoms with Crippen LogP contribution in [0, 0.1) is 0 Å². The van der Waals surface area contributed by atoms with Crippen LogP contribution >= 0.6 is 11.6 Å². The molecule has 0 spiro atoms. The Hall–Kier alpha value is -2.53. The smallest absolute Gasteiger partial charge is 0.328 e. The molecule has 0 fully saturated rings. The van der Waals surface area contributed by atoms with Crippen molar-refractivity contribution < 1.29 is 4.79 Å². The molecule has 0 atom stereocenters. The van der Waals surface area contributed by atoms with Gasteiger partial charge in [0.15, 0.2) is 0 Å². The summed E-state index contributed by atoms with van der Waals surface area (Å²) in [6.45, 7) is 0.800. The van der Waals surface area contributed by atoms with Crippen molar-refractivity contribution in [3.63, 3.8) is 0 Å². The van der Waals surface area contributed by atoms with E-state index in [1.807, 2.05) is 48.5 Å². The van der Waals surface area contributed by atoms with Crippen LogP contribution in [0.25, 0.3) is 11.0 Å². The van der Waals surface area contributed by atoms with E-state index in [1.165, 1.54) is 0 Å². The fourth-order valence-electron chi connectivity index (χ4n) is 2.95. The Kier molecular flexibility index (Phi) is 4.95. The molecule has 25 heavy (non-hydrogen) atoms. The summed E-state index contributed by atoms with van der Waals surface area (Å²) in [6.07, 6.45) is 0.259. The highest BCUT2D eigenvalue weighted by molar-refractivity contribution is 6.31. The van der Waals surface area contributed by atoms with E-state index in [9.17, 15) is 9.59 Å². The average Bonchev–Trinajstić information content (AvgIpc) is 2.86. The number of fused-ring (bicyclic) bond motifs is 1. The van der Waals surface area contributed by atoms with Gasteiger partial charge in [0.25, 0.3) is 0 Å². The van der Waals surface area contributed by atoms with Gasteiger partial charge in [-0.05, 0) is 23.8 Å². The quantitative estimate of drug-likeness (QED) is 0.704. The highest BCUT2D eigenvalue weighted by atomic mass is 35.5. The van der Waals surface area contributed by atoms with Crippen LogP contribution in [0.2, 0.25) is 5.02 Å². The summed E-state index contributed by atoms with van der Waals surface area (Å²) in [5.74, 6) is -0.0280. The van der Waals surface area contributed by atoms with E-state index in [2.05, 4.69) is 0 Å². The third-order valence-corrected chi connectivity index (χ3v) is 4.76. The molecule has 0 N–H and O–H groups in total. The number of amides is 1. The zero-order chi connectivity index (χ0) is 18.0. The van der Waals surface area contributed by atoms with Crippen LogP contribution in [-0.4, -0.2) is 27.0 Å². The minimum atomic E-state index is -0.109. The van der Waals surface area contributed by atoms with Crippen LogP contribution in [0.1, 0.15) is 12.0 Å². The molecule has 2 aromatic carbocycles. The second-order valence-corrected chi connectivity index (χ2v) is 6.48. The van der Waals surface area contributed by atoms with E-state index < -0.39 is 0 Å². The molecule has 1 heterocycles. The number of para-hydroxylation sites is 2. The van der Waals surface area contributed by atoms with Gasteiger partial charge in [0, 0.05) is 38.6 Å². The molecule has 0 saturated heterocycles. The van der Waals surface area contributed by atoms with E-state index >= 15 is 0 Å². The Labute approximate surface area is 151 Å². The number of imidazole rings is 1. The minimum absolute atomic E-state index is 0.0280. The number of aromatic nitrogens is 2. The Morgan fingerprint density at radius 2 is 1.72 bits per heavy atom. The Morgan fingerprint density at radius 3 is 2.44 bits per heavy atom. The summed E-state index contributed by atoms with van der Waals surface area (Å²) in [7, 11) is 3.49. The van der Waals surface area contributed by atoms with Crippen LogP contribution in [0.5, 0.6) is 0 Å². The largest absolute Gasteiger partial charge is 0.341 e. The lowest BCUT2D eigenvalue weighted by Gasteiger charge is -2.18. The molecule has 0 bridgehead atoms. The second kappa shape index (κ2) is 7.15. The van der Waals surface area contributed by atoms with Crippen molar-refractivity contribution in [3.05, 3.63) is 69.6 Å². The van der Waals surface area contributed by atoms with Crippen molar-refractivity contribution >= 4 is 28.5 Å². The predicted molar refractivity (Wildman–Crippen MR) is 99.7 cm³/mol. The number of hydrogen-bond donors (Lipinski definition) is 0. The molecule has 6 heteroatoms. The van der Waals surface area contributed by atoms with Gasteiger partial charge in [-0.2, -0.15) is 0 Å². The van der Waals surface area contributed by atoms with Gasteiger partial charge >= 0.3 is 5.69 Å². The molecule has 3 rings (SSSR count). The van der Waals surface area contributed by atoms with Gasteiger partial charge in [0.2, 0.25) is 5.91 Å². The number of hydrogen-bond acceptors (Lipinski definition) is 2. The number of aryl methyl sites for hydroxylation is 2. The van der Waals surface area contributed by atoms with E-state index in [-0.39, 0.29) is 18.0 Å². The Bertz CT molecular complexity index is 974. The monoisotopic (exact) mass is 357 g/mol. The number of nitrogens with zero attached hydrogens (tertiary/aromatic N) is 3. The highest BCUT2D eigenvalue weighted by Crippen LogP contribution is 2.17. The van der Waals surface area contributed by atoms with Crippen LogP contribution in [-0.2, 0) is 24.9 Å². The van der Waals surface area contributed by atoms with Gasteiger partial charge in [-0.1, -0.05) is 41.9 Å². The van der Waals surface area contributed by atoms with Crippen molar-refractivity contribution in [2.75, 3.05) is 7.05 Å². The SMILES string of the molecule is CN(Cc1ccccc1Cl)C(=O)CCn1c(=O)n(C)c2ccccc21. The number of carbonyl (C=O) groups excluding carboxylic acids is 1. The third-order valence-electron chi connectivity index (χ3n) is 4.39. The number of carbonyl (C=O) groups is 1. The topological polar surface area (TPSA) is 47.2 Å². The summed E-state index contributed by atoms with van der Waals surface area (Å²) in [4.78, 5) is 26.5. The first-order chi connectivity index (χ1) is 12.0. The van der Waals surface area contributed by atoms with Gasteiger partial charge in [-0.25, -0.2) is 4.79 Å². The van der Waals surface area contributed by atoms with Crippen LogP contribution in [0.3, 0.4) is 0 Å². The third kappa shape index (κ3) is 3.46. The summed E-state index contributed by atoms with van der Waals surface area (Å²) in [5.41, 5.74) is 2.51. The first kappa shape index (κ1) is 17.3. The maximum absolute atomic E-state index is 12.4. The molecule has 0 radical (unpaired) electrons. The maximum Gasteiger partial charge on any atom is 0.328 e. The first-order valence-corrected chi connectivity index (χ1v) is 8.48. The molecule has 3 aromatic rings. The average molecular weight is 358 g/mol. The van der Waals surface area contributed by atoms with Crippen molar-refractivity contribution in [3.8, 4) is 0 Å².